The monoisotopic (exact) mass is 561 g/mol. The summed E-state index contributed by atoms with van der Waals surface area (Å²) in [6.07, 6.45) is 5.49. The molecule has 2 fully saturated rings. The van der Waals surface area contributed by atoms with Gasteiger partial charge in [-0.3, -0.25) is 14.5 Å². The van der Waals surface area contributed by atoms with Gasteiger partial charge in [-0.1, -0.05) is 11.6 Å². The number of aryl methyl sites for hydroxylation is 1. The summed E-state index contributed by atoms with van der Waals surface area (Å²) in [7, 11) is -1.65. The number of hydrogen-bond acceptors (Lipinski definition) is 7. The minimum Gasteiger partial charge on any atom is -0.389 e. The molecule has 3 aromatic rings. The summed E-state index contributed by atoms with van der Waals surface area (Å²) in [5, 5.41) is 18.5. The number of fused-ring (bicyclic) bond motifs is 1. The Morgan fingerprint density at radius 2 is 1.95 bits per heavy atom. The number of sulfone groups is 1. The number of benzene rings is 1. The van der Waals surface area contributed by atoms with Gasteiger partial charge < -0.3 is 16.2 Å². The summed E-state index contributed by atoms with van der Waals surface area (Å²) in [6, 6.07) is 7.12. The fourth-order valence-electron chi connectivity index (χ4n) is 6.06. The van der Waals surface area contributed by atoms with E-state index in [2.05, 4.69) is 15.4 Å². The molecule has 0 saturated heterocycles. The van der Waals surface area contributed by atoms with E-state index >= 15 is 0 Å². The summed E-state index contributed by atoms with van der Waals surface area (Å²) >= 11 is 5.85. The lowest BCUT2D eigenvalue weighted by molar-refractivity contribution is 0.0375. The van der Waals surface area contributed by atoms with Gasteiger partial charge >= 0.3 is 0 Å². The highest BCUT2D eigenvalue weighted by Crippen LogP contribution is 2.54. The van der Waals surface area contributed by atoms with Crippen LogP contribution >= 0.6 is 11.6 Å². The van der Waals surface area contributed by atoms with Gasteiger partial charge in [-0.05, 0) is 67.9 Å². The molecule has 5 rings (SSSR count). The Bertz CT molecular complexity index is 1490. The second-order valence-electron chi connectivity index (χ2n) is 10.6. The molecule has 202 valence electrons. The lowest BCUT2D eigenvalue weighted by Gasteiger charge is -2.24. The maximum absolute atomic E-state index is 13.5. The number of carbonyl (C=O) groups excluding carboxylic acids is 1. The van der Waals surface area contributed by atoms with Crippen molar-refractivity contribution in [3.05, 3.63) is 64.3 Å². The molecule has 2 unspecified atom stereocenters. The SMILES string of the molecule is Cn1nc(C2CC3CC(O)(Cc4ccc(S(C)(=O)=O)cn4)CC3C2)c(C(=O)Nc2ccc(F)c(Cl)c2)c1N. The Morgan fingerprint density at radius 1 is 1.26 bits per heavy atom. The van der Waals surface area contributed by atoms with Crippen LogP contribution < -0.4 is 11.1 Å². The van der Waals surface area contributed by atoms with E-state index in [0.717, 1.165) is 19.1 Å². The van der Waals surface area contributed by atoms with Gasteiger partial charge in [0.1, 0.15) is 17.2 Å². The number of carbonyl (C=O) groups is 1. The molecule has 2 heterocycles. The van der Waals surface area contributed by atoms with E-state index in [1.165, 1.54) is 35.1 Å². The molecule has 1 aromatic carbocycles. The first-order chi connectivity index (χ1) is 17.8. The van der Waals surface area contributed by atoms with Crippen molar-refractivity contribution in [2.75, 3.05) is 17.3 Å². The van der Waals surface area contributed by atoms with Gasteiger partial charge in [0.15, 0.2) is 9.84 Å². The van der Waals surface area contributed by atoms with Crippen LogP contribution in [0.1, 0.15) is 53.3 Å². The fraction of sp³-hybridized carbons (Fsp3) is 0.423. The third-order valence-electron chi connectivity index (χ3n) is 7.77. The first-order valence-corrected chi connectivity index (χ1v) is 14.6. The number of nitrogens with zero attached hydrogens (tertiary/aromatic N) is 3. The standard InChI is InChI=1S/C26H29ClFN5O4S/c1-33-24(29)22(25(34)31-17-4-6-21(28)20(27)9-17)23(32-33)14-7-15-10-26(35,11-16(15)8-14)12-18-3-5-19(13-30-18)38(2,36)37/h3-6,9,13-16,35H,7-8,10-12,29H2,1-2H3,(H,31,34). The lowest BCUT2D eigenvalue weighted by atomic mass is 9.88. The van der Waals surface area contributed by atoms with Crippen LogP contribution in [0.4, 0.5) is 15.9 Å². The average molecular weight is 562 g/mol. The first kappa shape index (κ1) is 26.6. The molecule has 2 atom stereocenters. The number of hydrogen-bond donors (Lipinski definition) is 3. The van der Waals surface area contributed by atoms with Crippen LogP contribution in [-0.4, -0.2) is 46.1 Å². The van der Waals surface area contributed by atoms with Crippen molar-refractivity contribution in [1.82, 2.24) is 14.8 Å². The fourth-order valence-corrected chi connectivity index (χ4v) is 6.80. The third-order valence-corrected chi connectivity index (χ3v) is 9.16. The number of amides is 1. The number of nitrogens with two attached hydrogens (primary N) is 1. The van der Waals surface area contributed by atoms with Crippen molar-refractivity contribution < 1.29 is 22.7 Å². The molecule has 4 N–H and O–H groups in total. The van der Waals surface area contributed by atoms with Crippen LogP contribution in [0.15, 0.2) is 41.4 Å². The van der Waals surface area contributed by atoms with Gasteiger partial charge in [0, 0.05) is 43.2 Å². The maximum atomic E-state index is 13.5. The second kappa shape index (κ2) is 9.62. The van der Waals surface area contributed by atoms with E-state index in [4.69, 9.17) is 17.3 Å². The number of nitrogen functional groups attached to an aromatic ring is 1. The Hall–Kier alpha value is -3.02. The molecule has 0 aliphatic heterocycles. The molecule has 2 aromatic heterocycles. The molecule has 38 heavy (non-hydrogen) atoms. The molecule has 12 heteroatoms. The highest BCUT2D eigenvalue weighted by atomic mass is 35.5. The van der Waals surface area contributed by atoms with Crippen molar-refractivity contribution in [2.45, 2.75) is 48.5 Å². The predicted octanol–water partition coefficient (Wildman–Crippen LogP) is 3.72. The average Bonchev–Trinajstić information content (AvgIpc) is 3.45. The second-order valence-corrected chi connectivity index (χ2v) is 13.0. The Balaban J connectivity index is 1.29. The van der Waals surface area contributed by atoms with Crippen molar-refractivity contribution >= 4 is 38.9 Å². The van der Waals surface area contributed by atoms with Crippen LogP contribution in [-0.2, 0) is 23.3 Å². The number of pyridine rings is 1. The summed E-state index contributed by atoms with van der Waals surface area (Å²) in [4.78, 5) is 17.6. The van der Waals surface area contributed by atoms with E-state index in [1.54, 1.807) is 13.1 Å². The predicted molar refractivity (Wildman–Crippen MR) is 141 cm³/mol. The highest BCUT2D eigenvalue weighted by molar-refractivity contribution is 7.90. The van der Waals surface area contributed by atoms with Crippen molar-refractivity contribution in [3.8, 4) is 0 Å². The zero-order chi connectivity index (χ0) is 27.4. The van der Waals surface area contributed by atoms with Gasteiger partial charge in [0.25, 0.3) is 5.91 Å². The first-order valence-electron chi connectivity index (χ1n) is 12.3. The summed E-state index contributed by atoms with van der Waals surface area (Å²) in [6.45, 7) is 0. The van der Waals surface area contributed by atoms with Gasteiger partial charge in [0.05, 0.1) is 21.2 Å². The lowest BCUT2D eigenvalue weighted by Crippen LogP contribution is -2.29. The Kier molecular flexibility index (Phi) is 6.73. The minimum atomic E-state index is -3.33. The van der Waals surface area contributed by atoms with Crippen LogP contribution in [0.2, 0.25) is 5.02 Å². The Morgan fingerprint density at radius 3 is 2.53 bits per heavy atom. The third kappa shape index (κ3) is 5.14. The van der Waals surface area contributed by atoms with Crippen molar-refractivity contribution in [2.24, 2.45) is 18.9 Å². The molecular weight excluding hydrogens is 533 g/mol. The molecule has 0 radical (unpaired) electrons. The molecule has 2 aliphatic rings. The number of rotatable bonds is 6. The zero-order valence-corrected chi connectivity index (χ0v) is 22.6. The normalized spacial score (nSPS) is 24.9. The van der Waals surface area contributed by atoms with Crippen LogP contribution in [0.5, 0.6) is 0 Å². The van der Waals surface area contributed by atoms with Crippen LogP contribution in [0.3, 0.4) is 0 Å². The quantitative estimate of drug-likeness (QED) is 0.416. The molecule has 1 amide bonds. The maximum Gasteiger partial charge on any atom is 0.261 e. The number of aromatic nitrogens is 3. The molecule has 2 saturated carbocycles. The van der Waals surface area contributed by atoms with E-state index in [-0.39, 0.29) is 33.5 Å². The van der Waals surface area contributed by atoms with E-state index in [0.29, 0.717) is 41.9 Å². The van der Waals surface area contributed by atoms with E-state index in [9.17, 15) is 22.7 Å². The molecule has 2 aliphatic carbocycles. The molecule has 9 nitrogen and oxygen atoms in total. The van der Waals surface area contributed by atoms with Gasteiger partial charge in [-0.15, -0.1) is 0 Å². The number of halogens is 2. The summed E-state index contributed by atoms with van der Waals surface area (Å²) in [5.74, 6) is -0.285. The van der Waals surface area contributed by atoms with Crippen LogP contribution in [0, 0.1) is 17.7 Å². The number of aliphatic hydroxyl groups is 1. The van der Waals surface area contributed by atoms with Gasteiger partial charge in [0.2, 0.25) is 0 Å². The largest absolute Gasteiger partial charge is 0.389 e. The molecule has 0 spiro atoms. The van der Waals surface area contributed by atoms with Gasteiger partial charge in [-0.25, -0.2) is 12.8 Å². The highest BCUT2D eigenvalue weighted by Gasteiger charge is 2.50. The zero-order valence-electron chi connectivity index (χ0n) is 21.0. The van der Waals surface area contributed by atoms with E-state index in [1.807, 2.05) is 0 Å². The topological polar surface area (TPSA) is 140 Å². The van der Waals surface area contributed by atoms with Crippen molar-refractivity contribution in [1.29, 1.82) is 0 Å². The summed E-state index contributed by atoms with van der Waals surface area (Å²) < 4.78 is 38.4. The molecule has 0 bridgehead atoms. The summed E-state index contributed by atoms with van der Waals surface area (Å²) in [5.41, 5.74) is 7.21. The number of nitrogens with one attached hydrogen (secondary N) is 1. The van der Waals surface area contributed by atoms with E-state index < -0.39 is 27.2 Å². The minimum absolute atomic E-state index is 0.00257. The smallest absolute Gasteiger partial charge is 0.261 e. The molecular formula is C26H29ClFN5O4S. The van der Waals surface area contributed by atoms with Crippen LogP contribution in [0.25, 0.3) is 0 Å². The Labute approximate surface area is 225 Å². The van der Waals surface area contributed by atoms with Gasteiger partial charge in [-0.2, -0.15) is 5.10 Å². The number of anilines is 2. The van der Waals surface area contributed by atoms with Crippen molar-refractivity contribution in [3.63, 3.8) is 0 Å².